The van der Waals surface area contributed by atoms with E-state index < -0.39 is 0 Å². The molecule has 0 aliphatic carbocycles. The molecule has 0 saturated carbocycles. The standard InChI is InChI=1S/C13H20N2O.2ClH/c1-16-13-4-2-11(3-5-13)10-15-8-6-12(14)7-9-15;;/h2-5,12H,6-10,14H2,1H3;2*1H. The zero-order valence-corrected chi connectivity index (χ0v) is 12.3. The molecule has 1 aromatic carbocycles. The number of methoxy groups -OCH3 is 1. The van der Waals surface area contributed by atoms with Crippen LogP contribution in [-0.4, -0.2) is 31.1 Å². The van der Waals surface area contributed by atoms with Crippen molar-refractivity contribution in [3.63, 3.8) is 0 Å². The third-order valence-electron chi connectivity index (χ3n) is 3.20. The Morgan fingerprint density at radius 1 is 1.17 bits per heavy atom. The van der Waals surface area contributed by atoms with Crippen molar-refractivity contribution < 1.29 is 4.74 Å². The molecule has 0 spiro atoms. The first-order valence-electron chi connectivity index (χ1n) is 5.89. The molecule has 0 unspecified atom stereocenters. The molecule has 0 atom stereocenters. The van der Waals surface area contributed by atoms with Crippen LogP contribution in [-0.2, 0) is 6.54 Å². The highest BCUT2D eigenvalue weighted by atomic mass is 35.5. The third kappa shape index (κ3) is 5.02. The minimum absolute atomic E-state index is 0. The lowest BCUT2D eigenvalue weighted by atomic mass is 10.1. The molecule has 0 radical (unpaired) electrons. The average molecular weight is 293 g/mol. The Hall–Kier alpha value is -0.480. The Labute approximate surface area is 121 Å². The van der Waals surface area contributed by atoms with E-state index in [0.29, 0.717) is 6.04 Å². The van der Waals surface area contributed by atoms with Crippen LogP contribution in [0, 0.1) is 0 Å². The van der Waals surface area contributed by atoms with Gasteiger partial charge in [-0.1, -0.05) is 12.1 Å². The van der Waals surface area contributed by atoms with Crippen LogP contribution in [0.3, 0.4) is 0 Å². The SMILES string of the molecule is COc1ccc(CN2CCC(N)CC2)cc1.Cl.Cl. The number of nitrogens with two attached hydrogens (primary N) is 1. The van der Waals surface area contributed by atoms with E-state index in [-0.39, 0.29) is 24.8 Å². The van der Waals surface area contributed by atoms with Crippen LogP contribution in [0.15, 0.2) is 24.3 Å². The molecule has 0 bridgehead atoms. The molecule has 18 heavy (non-hydrogen) atoms. The van der Waals surface area contributed by atoms with Crippen LogP contribution in [0.2, 0.25) is 0 Å². The van der Waals surface area contributed by atoms with Crippen LogP contribution in [0.4, 0.5) is 0 Å². The van der Waals surface area contributed by atoms with E-state index in [4.69, 9.17) is 10.5 Å². The number of nitrogens with zero attached hydrogens (tertiary/aromatic N) is 1. The minimum atomic E-state index is 0. The fourth-order valence-electron chi connectivity index (χ4n) is 2.10. The fourth-order valence-corrected chi connectivity index (χ4v) is 2.10. The molecule has 0 aromatic heterocycles. The lowest BCUT2D eigenvalue weighted by Gasteiger charge is -2.30. The summed E-state index contributed by atoms with van der Waals surface area (Å²) in [7, 11) is 1.70. The van der Waals surface area contributed by atoms with Gasteiger partial charge in [-0.05, 0) is 43.6 Å². The van der Waals surface area contributed by atoms with Gasteiger partial charge < -0.3 is 10.5 Å². The van der Waals surface area contributed by atoms with E-state index in [1.165, 1.54) is 5.56 Å². The second-order valence-corrected chi connectivity index (χ2v) is 4.46. The van der Waals surface area contributed by atoms with Gasteiger partial charge in [-0.3, -0.25) is 4.90 Å². The molecule has 0 amide bonds. The van der Waals surface area contributed by atoms with Gasteiger partial charge >= 0.3 is 0 Å². The van der Waals surface area contributed by atoms with Gasteiger partial charge in [-0.25, -0.2) is 0 Å². The Morgan fingerprint density at radius 3 is 2.22 bits per heavy atom. The van der Waals surface area contributed by atoms with Gasteiger partial charge in [0, 0.05) is 12.6 Å². The van der Waals surface area contributed by atoms with E-state index in [9.17, 15) is 0 Å². The zero-order valence-electron chi connectivity index (χ0n) is 10.7. The lowest BCUT2D eigenvalue weighted by Crippen LogP contribution is -2.39. The van der Waals surface area contributed by atoms with Gasteiger partial charge in [-0.15, -0.1) is 24.8 Å². The summed E-state index contributed by atoms with van der Waals surface area (Å²) in [6, 6.07) is 8.71. The summed E-state index contributed by atoms with van der Waals surface area (Å²) in [5.74, 6) is 0.921. The van der Waals surface area contributed by atoms with E-state index in [1.54, 1.807) is 7.11 Å². The normalized spacial score (nSPS) is 16.6. The molecule has 2 rings (SSSR count). The number of rotatable bonds is 3. The number of likely N-dealkylation sites (tertiary alicyclic amines) is 1. The first-order valence-corrected chi connectivity index (χ1v) is 5.89. The van der Waals surface area contributed by atoms with Crippen molar-refractivity contribution in [2.45, 2.75) is 25.4 Å². The topological polar surface area (TPSA) is 38.5 Å². The largest absolute Gasteiger partial charge is 0.497 e. The maximum atomic E-state index is 5.89. The molecule has 2 N–H and O–H groups in total. The van der Waals surface area contributed by atoms with Crippen molar-refractivity contribution in [2.24, 2.45) is 5.73 Å². The summed E-state index contributed by atoms with van der Waals surface area (Å²) >= 11 is 0. The van der Waals surface area contributed by atoms with Gasteiger partial charge in [-0.2, -0.15) is 0 Å². The average Bonchev–Trinajstić information content (AvgIpc) is 2.33. The molecule has 1 aliphatic heterocycles. The van der Waals surface area contributed by atoms with Crippen LogP contribution < -0.4 is 10.5 Å². The Kier molecular flexibility index (Phi) is 8.36. The molecule has 3 nitrogen and oxygen atoms in total. The van der Waals surface area contributed by atoms with Crippen molar-refractivity contribution in [3.8, 4) is 5.75 Å². The molecule has 1 fully saturated rings. The smallest absolute Gasteiger partial charge is 0.118 e. The number of halogens is 2. The predicted molar refractivity (Wildman–Crippen MR) is 80.0 cm³/mol. The number of hydrogen-bond donors (Lipinski definition) is 1. The first-order chi connectivity index (χ1) is 7.78. The maximum absolute atomic E-state index is 5.89. The van der Waals surface area contributed by atoms with Crippen LogP contribution in [0.1, 0.15) is 18.4 Å². The number of ether oxygens (including phenoxy) is 1. The summed E-state index contributed by atoms with van der Waals surface area (Å²) in [6.45, 7) is 3.26. The first kappa shape index (κ1) is 17.5. The quantitative estimate of drug-likeness (QED) is 0.930. The molecule has 104 valence electrons. The number of piperidine rings is 1. The summed E-state index contributed by atoms with van der Waals surface area (Å²) < 4.78 is 5.14. The molecular formula is C13H22Cl2N2O. The number of hydrogen-bond acceptors (Lipinski definition) is 3. The monoisotopic (exact) mass is 292 g/mol. The van der Waals surface area contributed by atoms with Crippen LogP contribution in [0.25, 0.3) is 0 Å². The number of benzene rings is 1. The summed E-state index contributed by atoms with van der Waals surface area (Å²) in [5.41, 5.74) is 7.23. The van der Waals surface area contributed by atoms with Crippen molar-refractivity contribution in [1.82, 2.24) is 4.90 Å². The van der Waals surface area contributed by atoms with E-state index in [1.807, 2.05) is 12.1 Å². The maximum Gasteiger partial charge on any atom is 0.118 e. The van der Waals surface area contributed by atoms with E-state index in [2.05, 4.69) is 17.0 Å². The van der Waals surface area contributed by atoms with Gasteiger partial charge in [0.15, 0.2) is 0 Å². The Balaban J connectivity index is 0.00000144. The Morgan fingerprint density at radius 2 is 1.72 bits per heavy atom. The molecule has 1 saturated heterocycles. The second-order valence-electron chi connectivity index (χ2n) is 4.46. The predicted octanol–water partition coefficient (Wildman–Crippen LogP) is 2.46. The summed E-state index contributed by atoms with van der Waals surface area (Å²) in [5, 5.41) is 0. The van der Waals surface area contributed by atoms with Crippen molar-refractivity contribution in [3.05, 3.63) is 29.8 Å². The highest BCUT2D eigenvalue weighted by Crippen LogP contribution is 2.15. The molecule has 1 aliphatic rings. The van der Waals surface area contributed by atoms with Gasteiger partial charge in [0.05, 0.1) is 7.11 Å². The van der Waals surface area contributed by atoms with Crippen molar-refractivity contribution in [1.29, 1.82) is 0 Å². The highest BCUT2D eigenvalue weighted by Gasteiger charge is 2.15. The van der Waals surface area contributed by atoms with E-state index in [0.717, 1.165) is 38.2 Å². The van der Waals surface area contributed by atoms with Crippen molar-refractivity contribution >= 4 is 24.8 Å². The fraction of sp³-hybridized carbons (Fsp3) is 0.538. The molecule has 1 aromatic rings. The minimum Gasteiger partial charge on any atom is -0.497 e. The zero-order chi connectivity index (χ0) is 11.4. The highest BCUT2D eigenvalue weighted by molar-refractivity contribution is 5.85. The molecule has 1 heterocycles. The second kappa shape index (κ2) is 8.59. The molecule has 5 heteroatoms. The summed E-state index contributed by atoms with van der Waals surface area (Å²) in [6.07, 6.45) is 2.24. The molecular weight excluding hydrogens is 271 g/mol. The van der Waals surface area contributed by atoms with Gasteiger partial charge in [0.2, 0.25) is 0 Å². The van der Waals surface area contributed by atoms with E-state index >= 15 is 0 Å². The van der Waals surface area contributed by atoms with Gasteiger partial charge in [0.1, 0.15) is 5.75 Å². The summed E-state index contributed by atoms with van der Waals surface area (Å²) in [4.78, 5) is 2.46. The Bertz CT molecular complexity index is 324. The lowest BCUT2D eigenvalue weighted by molar-refractivity contribution is 0.205. The van der Waals surface area contributed by atoms with Crippen LogP contribution >= 0.6 is 24.8 Å². The van der Waals surface area contributed by atoms with Gasteiger partial charge in [0.25, 0.3) is 0 Å². The third-order valence-corrected chi connectivity index (χ3v) is 3.20. The van der Waals surface area contributed by atoms with Crippen molar-refractivity contribution in [2.75, 3.05) is 20.2 Å². The van der Waals surface area contributed by atoms with Crippen LogP contribution in [0.5, 0.6) is 5.75 Å².